The highest BCUT2D eigenvalue weighted by molar-refractivity contribution is 6.01. The zero-order valence-corrected chi connectivity index (χ0v) is 21.7. The van der Waals surface area contributed by atoms with E-state index in [1.807, 2.05) is 86.5 Å². The van der Waals surface area contributed by atoms with Gasteiger partial charge in [-0.15, -0.1) is 0 Å². The summed E-state index contributed by atoms with van der Waals surface area (Å²) in [5, 5.41) is 2.95. The second-order valence-corrected chi connectivity index (χ2v) is 9.89. The summed E-state index contributed by atoms with van der Waals surface area (Å²) >= 11 is 0. The Bertz CT molecular complexity index is 1420. The number of carbonyl (C=O) groups excluding carboxylic acids is 2. The highest BCUT2D eigenvalue weighted by atomic mass is 16.2. The molecule has 0 fully saturated rings. The molecule has 2 heterocycles. The van der Waals surface area contributed by atoms with E-state index in [-0.39, 0.29) is 30.6 Å². The lowest BCUT2D eigenvalue weighted by Gasteiger charge is -2.40. The first-order valence-electron chi connectivity index (χ1n) is 12.6. The van der Waals surface area contributed by atoms with Crippen molar-refractivity contribution in [3.63, 3.8) is 0 Å². The van der Waals surface area contributed by atoms with Crippen molar-refractivity contribution in [2.24, 2.45) is 0 Å². The fourth-order valence-corrected chi connectivity index (χ4v) is 4.87. The summed E-state index contributed by atoms with van der Waals surface area (Å²) in [4.78, 5) is 30.9. The van der Waals surface area contributed by atoms with Crippen molar-refractivity contribution in [1.82, 2.24) is 9.47 Å². The Hall–Kier alpha value is -4.32. The molecule has 1 aromatic heterocycles. The van der Waals surface area contributed by atoms with Crippen LogP contribution < -0.4 is 10.2 Å². The molecule has 0 aliphatic carbocycles. The lowest BCUT2D eigenvalue weighted by atomic mass is 9.97. The minimum atomic E-state index is -0.313. The molecule has 6 nitrogen and oxygen atoms in total. The molecule has 5 rings (SSSR count). The van der Waals surface area contributed by atoms with E-state index in [0.717, 1.165) is 33.8 Å². The van der Waals surface area contributed by atoms with Gasteiger partial charge in [-0.2, -0.15) is 0 Å². The molecule has 0 spiro atoms. The maximum Gasteiger partial charge on any atom is 0.322 e. The summed E-state index contributed by atoms with van der Waals surface area (Å²) in [6.07, 6.45) is 2.03. The van der Waals surface area contributed by atoms with Gasteiger partial charge in [-0.25, -0.2) is 4.79 Å². The Labute approximate surface area is 218 Å². The highest BCUT2D eigenvalue weighted by Gasteiger charge is 2.37. The SMILES string of the molecule is Cc1ccc(NC(=O)N(CC(=O)N2c3ccccc3-n3cccc3C2c2ccc(C)cc2)C(C)C)cc1. The summed E-state index contributed by atoms with van der Waals surface area (Å²) in [6.45, 7) is 7.86. The van der Waals surface area contributed by atoms with Crippen LogP contribution >= 0.6 is 0 Å². The number of benzene rings is 3. The zero-order valence-electron chi connectivity index (χ0n) is 21.7. The van der Waals surface area contributed by atoms with Gasteiger partial charge in [-0.3, -0.25) is 9.69 Å². The van der Waals surface area contributed by atoms with Crippen LogP contribution in [0.5, 0.6) is 0 Å². The molecule has 3 amide bonds. The molecule has 1 atom stereocenters. The topological polar surface area (TPSA) is 57.6 Å². The van der Waals surface area contributed by atoms with Gasteiger partial charge in [-0.1, -0.05) is 59.7 Å². The molecule has 4 aromatic rings. The number of aromatic nitrogens is 1. The van der Waals surface area contributed by atoms with Crippen LogP contribution in [0.25, 0.3) is 5.69 Å². The van der Waals surface area contributed by atoms with Gasteiger partial charge in [0.05, 0.1) is 17.1 Å². The van der Waals surface area contributed by atoms with Crippen LogP contribution in [0.3, 0.4) is 0 Å². The molecule has 3 aromatic carbocycles. The fraction of sp³-hybridized carbons (Fsp3) is 0.226. The Morgan fingerprint density at radius 3 is 2.11 bits per heavy atom. The molecular weight excluding hydrogens is 460 g/mol. The van der Waals surface area contributed by atoms with Crippen LogP contribution in [-0.4, -0.2) is 34.0 Å². The molecule has 0 saturated heterocycles. The zero-order chi connectivity index (χ0) is 26.1. The lowest BCUT2D eigenvalue weighted by Crippen LogP contribution is -2.49. The predicted octanol–water partition coefficient (Wildman–Crippen LogP) is 6.47. The van der Waals surface area contributed by atoms with E-state index in [9.17, 15) is 9.59 Å². The second-order valence-electron chi connectivity index (χ2n) is 9.89. The van der Waals surface area contributed by atoms with E-state index in [1.54, 1.807) is 4.90 Å². The smallest absolute Gasteiger partial charge is 0.316 e. The van der Waals surface area contributed by atoms with Crippen molar-refractivity contribution in [2.45, 2.75) is 39.8 Å². The van der Waals surface area contributed by atoms with Crippen molar-refractivity contribution in [3.05, 3.63) is 114 Å². The molecule has 0 radical (unpaired) electrons. The Kier molecular flexibility index (Phi) is 6.57. The van der Waals surface area contributed by atoms with E-state index in [0.29, 0.717) is 5.69 Å². The third-order valence-corrected chi connectivity index (χ3v) is 6.87. The number of fused-ring (bicyclic) bond motifs is 3. The maximum atomic E-state index is 14.2. The van der Waals surface area contributed by atoms with Gasteiger partial charge in [0.1, 0.15) is 12.6 Å². The minimum absolute atomic E-state index is 0.0488. The summed E-state index contributed by atoms with van der Waals surface area (Å²) in [5.41, 5.74) is 6.78. The molecule has 0 bridgehead atoms. The number of carbonyl (C=O) groups is 2. The summed E-state index contributed by atoms with van der Waals surface area (Å²) in [5.74, 6) is -0.141. The number of anilines is 2. The van der Waals surface area contributed by atoms with Gasteiger partial charge in [0.25, 0.3) is 0 Å². The van der Waals surface area contributed by atoms with E-state index >= 15 is 0 Å². The summed E-state index contributed by atoms with van der Waals surface area (Å²) in [7, 11) is 0. The van der Waals surface area contributed by atoms with Gasteiger partial charge in [0, 0.05) is 17.9 Å². The first-order chi connectivity index (χ1) is 17.8. The molecule has 0 saturated carbocycles. The third kappa shape index (κ3) is 4.75. The molecule has 37 heavy (non-hydrogen) atoms. The molecule has 1 N–H and O–H groups in total. The van der Waals surface area contributed by atoms with E-state index in [4.69, 9.17) is 0 Å². The number of aryl methyl sites for hydroxylation is 2. The lowest BCUT2D eigenvalue weighted by molar-refractivity contribution is -0.119. The first-order valence-corrected chi connectivity index (χ1v) is 12.6. The van der Waals surface area contributed by atoms with Crippen LogP contribution in [0.15, 0.2) is 91.1 Å². The van der Waals surface area contributed by atoms with E-state index < -0.39 is 0 Å². The van der Waals surface area contributed by atoms with Crippen molar-refractivity contribution in [2.75, 3.05) is 16.8 Å². The Balaban J connectivity index is 1.51. The van der Waals surface area contributed by atoms with Crippen LogP contribution in [0.2, 0.25) is 0 Å². The number of urea groups is 1. The average molecular weight is 493 g/mol. The van der Waals surface area contributed by atoms with Crippen LogP contribution in [0.1, 0.15) is 42.3 Å². The third-order valence-electron chi connectivity index (χ3n) is 6.87. The van der Waals surface area contributed by atoms with Crippen LogP contribution in [-0.2, 0) is 4.79 Å². The standard InChI is InChI=1S/C31H32N4O2/c1-21(2)34(31(37)32-25-17-13-23(4)14-18-25)20-29(36)35-27-9-6-5-8-26(27)33-19-7-10-28(33)30(35)24-15-11-22(3)12-16-24/h5-19,21,30H,20H2,1-4H3,(H,32,37). The number of para-hydroxylation sites is 2. The predicted molar refractivity (Wildman–Crippen MR) is 148 cm³/mol. The molecule has 1 aliphatic heterocycles. The monoisotopic (exact) mass is 492 g/mol. The van der Waals surface area contributed by atoms with Crippen molar-refractivity contribution < 1.29 is 9.59 Å². The van der Waals surface area contributed by atoms with Crippen molar-refractivity contribution in [1.29, 1.82) is 0 Å². The number of hydrogen-bond donors (Lipinski definition) is 1. The molecule has 188 valence electrons. The maximum absolute atomic E-state index is 14.2. The fourth-order valence-electron chi connectivity index (χ4n) is 4.87. The van der Waals surface area contributed by atoms with Gasteiger partial charge in [0.2, 0.25) is 5.91 Å². The van der Waals surface area contributed by atoms with E-state index in [1.165, 1.54) is 0 Å². The number of nitrogens with zero attached hydrogens (tertiary/aromatic N) is 3. The average Bonchev–Trinajstić information content (AvgIpc) is 3.38. The normalized spacial score (nSPS) is 14.2. The van der Waals surface area contributed by atoms with Gasteiger partial charge in [0.15, 0.2) is 0 Å². The summed E-state index contributed by atoms with van der Waals surface area (Å²) < 4.78 is 2.15. The summed E-state index contributed by atoms with van der Waals surface area (Å²) in [6, 6.07) is 27.2. The molecular formula is C31H32N4O2. The number of rotatable bonds is 5. The first kappa shape index (κ1) is 24.4. The van der Waals surface area contributed by atoms with Crippen LogP contribution in [0.4, 0.5) is 16.2 Å². The second kappa shape index (κ2) is 9.97. The Morgan fingerprint density at radius 1 is 0.838 bits per heavy atom. The molecule has 1 aliphatic rings. The number of amides is 3. The largest absolute Gasteiger partial charge is 0.322 e. The molecule has 6 heteroatoms. The van der Waals surface area contributed by atoms with Gasteiger partial charge < -0.3 is 14.8 Å². The quantitative estimate of drug-likeness (QED) is 0.347. The van der Waals surface area contributed by atoms with Crippen molar-refractivity contribution in [3.8, 4) is 5.69 Å². The van der Waals surface area contributed by atoms with Gasteiger partial charge >= 0.3 is 6.03 Å². The number of nitrogens with one attached hydrogen (secondary N) is 1. The molecule has 1 unspecified atom stereocenters. The van der Waals surface area contributed by atoms with Crippen LogP contribution in [0, 0.1) is 13.8 Å². The Morgan fingerprint density at radius 2 is 1.46 bits per heavy atom. The number of hydrogen-bond acceptors (Lipinski definition) is 2. The van der Waals surface area contributed by atoms with Gasteiger partial charge in [-0.05, 0) is 69.7 Å². The van der Waals surface area contributed by atoms with E-state index in [2.05, 4.69) is 47.1 Å². The highest BCUT2D eigenvalue weighted by Crippen LogP contribution is 2.42. The van der Waals surface area contributed by atoms with Crippen molar-refractivity contribution >= 4 is 23.3 Å². The minimum Gasteiger partial charge on any atom is -0.316 e.